The number of carbonyl (C=O) groups is 1. The van der Waals surface area contributed by atoms with E-state index in [-0.39, 0.29) is 5.56 Å². The molecular formula is C12H16FNO3. The topological polar surface area (TPSA) is 60.8 Å². The van der Waals surface area contributed by atoms with Crippen LogP contribution in [-0.2, 0) is 6.54 Å². The smallest absolute Gasteiger partial charge is 0.338 e. The lowest BCUT2D eigenvalue weighted by Crippen LogP contribution is -2.26. The van der Waals surface area contributed by atoms with Gasteiger partial charge in [-0.2, -0.15) is 0 Å². The third kappa shape index (κ3) is 4.13. The van der Waals surface area contributed by atoms with E-state index in [1.165, 1.54) is 12.1 Å². The Bertz CT molecular complexity index is 407. The van der Waals surface area contributed by atoms with Crippen molar-refractivity contribution in [3.8, 4) is 0 Å². The lowest BCUT2D eigenvalue weighted by Gasteiger charge is -2.18. The van der Waals surface area contributed by atoms with E-state index in [0.717, 1.165) is 0 Å². The van der Waals surface area contributed by atoms with E-state index < -0.39 is 17.9 Å². The van der Waals surface area contributed by atoms with Crippen LogP contribution in [0.15, 0.2) is 18.2 Å². The maximum atomic E-state index is 13.4. The molecule has 0 bridgehead atoms. The summed E-state index contributed by atoms with van der Waals surface area (Å²) in [5.74, 6) is -2.01. The van der Waals surface area contributed by atoms with E-state index in [9.17, 15) is 14.3 Å². The monoisotopic (exact) mass is 241 g/mol. The summed E-state index contributed by atoms with van der Waals surface area (Å²) < 4.78 is 13.4. The summed E-state index contributed by atoms with van der Waals surface area (Å²) in [5, 5.41) is 17.9. The van der Waals surface area contributed by atoms with Crippen molar-refractivity contribution in [3.63, 3.8) is 0 Å². The zero-order valence-corrected chi connectivity index (χ0v) is 9.85. The Kier molecular flexibility index (Phi) is 4.60. The van der Waals surface area contributed by atoms with Crippen molar-refractivity contribution in [1.29, 1.82) is 0 Å². The van der Waals surface area contributed by atoms with Crippen LogP contribution in [0.2, 0.25) is 0 Å². The van der Waals surface area contributed by atoms with Gasteiger partial charge in [0.1, 0.15) is 5.82 Å². The third-order valence-corrected chi connectivity index (χ3v) is 2.29. The Labute approximate surface area is 99.3 Å². The minimum absolute atomic E-state index is 0.327. The second-order valence-electron chi connectivity index (χ2n) is 4.17. The van der Waals surface area contributed by atoms with Gasteiger partial charge in [-0.1, -0.05) is 6.07 Å². The summed E-state index contributed by atoms with van der Waals surface area (Å²) in [6, 6.07) is 4.04. The Balaban J connectivity index is 2.74. The minimum Gasteiger partial charge on any atom is -0.478 e. The average molecular weight is 241 g/mol. The van der Waals surface area contributed by atoms with Crippen LogP contribution >= 0.6 is 0 Å². The van der Waals surface area contributed by atoms with Crippen LogP contribution in [0.25, 0.3) is 0 Å². The average Bonchev–Trinajstić information content (AvgIpc) is 2.15. The number of carboxylic acid groups (broad SMARTS) is 1. The normalized spacial score (nSPS) is 12.8. The van der Waals surface area contributed by atoms with E-state index in [1.54, 1.807) is 20.0 Å². The highest BCUT2D eigenvalue weighted by atomic mass is 19.1. The number of rotatable bonds is 5. The van der Waals surface area contributed by atoms with Gasteiger partial charge in [-0.25, -0.2) is 9.18 Å². The van der Waals surface area contributed by atoms with Crippen LogP contribution in [0.1, 0.15) is 22.8 Å². The molecule has 17 heavy (non-hydrogen) atoms. The Morgan fingerprint density at radius 2 is 2.18 bits per heavy atom. The first-order valence-corrected chi connectivity index (χ1v) is 5.28. The molecule has 0 aromatic heterocycles. The molecule has 2 N–H and O–H groups in total. The van der Waals surface area contributed by atoms with E-state index in [2.05, 4.69) is 0 Å². The first kappa shape index (κ1) is 13.6. The fourth-order valence-electron chi connectivity index (χ4n) is 1.66. The molecule has 1 atom stereocenters. The number of carboxylic acids is 1. The lowest BCUT2D eigenvalue weighted by molar-refractivity contribution is 0.0692. The molecule has 0 amide bonds. The second kappa shape index (κ2) is 5.75. The van der Waals surface area contributed by atoms with Gasteiger partial charge in [0.05, 0.1) is 11.7 Å². The molecule has 0 spiro atoms. The van der Waals surface area contributed by atoms with Crippen molar-refractivity contribution in [2.75, 3.05) is 13.6 Å². The molecule has 1 aromatic carbocycles. The number of benzene rings is 1. The van der Waals surface area contributed by atoms with Crippen LogP contribution in [-0.4, -0.2) is 40.8 Å². The maximum absolute atomic E-state index is 13.4. The predicted octanol–water partition coefficient (Wildman–Crippen LogP) is 1.34. The fourth-order valence-corrected chi connectivity index (χ4v) is 1.66. The number of nitrogens with zero attached hydrogens (tertiary/aromatic N) is 1. The molecule has 0 heterocycles. The highest BCUT2D eigenvalue weighted by Crippen LogP contribution is 2.12. The van der Waals surface area contributed by atoms with Gasteiger partial charge in [0.2, 0.25) is 0 Å². The molecule has 0 radical (unpaired) electrons. The first-order chi connectivity index (χ1) is 7.90. The van der Waals surface area contributed by atoms with Crippen LogP contribution in [0.5, 0.6) is 0 Å². The fraction of sp³-hybridized carbons (Fsp3) is 0.417. The molecule has 1 unspecified atom stereocenters. The van der Waals surface area contributed by atoms with Gasteiger partial charge in [-0.3, -0.25) is 4.90 Å². The zero-order valence-electron chi connectivity index (χ0n) is 9.85. The minimum atomic E-state index is -1.27. The molecule has 0 aliphatic carbocycles. The molecule has 1 rings (SSSR count). The van der Waals surface area contributed by atoms with Crippen LogP contribution in [0, 0.1) is 5.82 Å². The highest BCUT2D eigenvalue weighted by molar-refractivity contribution is 5.87. The number of hydrogen-bond donors (Lipinski definition) is 2. The first-order valence-electron chi connectivity index (χ1n) is 5.28. The number of hydrogen-bond acceptors (Lipinski definition) is 3. The van der Waals surface area contributed by atoms with E-state index in [0.29, 0.717) is 18.7 Å². The Morgan fingerprint density at radius 3 is 2.65 bits per heavy atom. The van der Waals surface area contributed by atoms with Gasteiger partial charge in [-0.15, -0.1) is 0 Å². The zero-order chi connectivity index (χ0) is 13.0. The number of likely N-dealkylation sites (N-methyl/N-ethyl adjacent to an activating group) is 1. The van der Waals surface area contributed by atoms with E-state index in [4.69, 9.17) is 5.11 Å². The molecular weight excluding hydrogens is 225 g/mol. The molecule has 0 aliphatic heterocycles. The summed E-state index contributed by atoms with van der Waals surface area (Å²) in [6.07, 6.45) is -0.455. The van der Waals surface area contributed by atoms with Crippen LogP contribution in [0.4, 0.5) is 4.39 Å². The van der Waals surface area contributed by atoms with Gasteiger partial charge in [0.15, 0.2) is 0 Å². The molecule has 5 heteroatoms. The molecule has 0 saturated carbocycles. The number of aliphatic hydroxyl groups excluding tert-OH is 1. The number of aromatic carboxylic acids is 1. The largest absolute Gasteiger partial charge is 0.478 e. The summed E-state index contributed by atoms with van der Waals surface area (Å²) >= 11 is 0. The highest BCUT2D eigenvalue weighted by Gasteiger charge is 2.11. The standard InChI is InChI=1S/C12H16FNO3/c1-8(15)6-14(2)7-9-3-4-10(12(16)17)11(13)5-9/h3-5,8,15H,6-7H2,1-2H3,(H,16,17). The quantitative estimate of drug-likeness (QED) is 0.816. The molecule has 1 aromatic rings. The van der Waals surface area contributed by atoms with E-state index >= 15 is 0 Å². The van der Waals surface area contributed by atoms with Gasteiger partial charge < -0.3 is 10.2 Å². The van der Waals surface area contributed by atoms with E-state index in [1.807, 2.05) is 4.90 Å². The molecule has 94 valence electrons. The Morgan fingerprint density at radius 1 is 1.53 bits per heavy atom. The van der Waals surface area contributed by atoms with Crippen LogP contribution in [0.3, 0.4) is 0 Å². The summed E-state index contributed by atoms with van der Waals surface area (Å²) in [7, 11) is 1.80. The molecule has 0 fully saturated rings. The van der Waals surface area contributed by atoms with Gasteiger partial charge in [0.25, 0.3) is 0 Å². The molecule has 4 nitrogen and oxygen atoms in total. The lowest BCUT2D eigenvalue weighted by atomic mass is 10.1. The van der Waals surface area contributed by atoms with Crippen LogP contribution < -0.4 is 0 Å². The van der Waals surface area contributed by atoms with Crippen molar-refractivity contribution in [2.24, 2.45) is 0 Å². The summed E-state index contributed by atoms with van der Waals surface area (Å²) in [6.45, 7) is 2.61. The van der Waals surface area contributed by atoms with Gasteiger partial charge in [-0.05, 0) is 31.7 Å². The summed E-state index contributed by atoms with van der Waals surface area (Å²) in [5.41, 5.74) is 0.350. The van der Waals surface area contributed by atoms with Crippen molar-refractivity contribution in [2.45, 2.75) is 19.6 Å². The predicted molar refractivity (Wildman–Crippen MR) is 61.4 cm³/mol. The number of aliphatic hydroxyl groups is 1. The van der Waals surface area contributed by atoms with Crippen molar-refractivity contribution < 1.29 is 19.4 Å². The third-order valence-electron chi connectivity index (χ3n) is 2.29. The maximum Gasteiger partial charge on any atom is 0.338 e. The van der Waals surface area contributed by atoms with Crippen molar-refractivity contribution >= 4 is 5.97 Å². The summed E-state index contributed by atoms with van der Waals surface area (Å²) in [4.78, 5) is 12.5. The van der Waals surface area contributed by atoms with Crippen molar-refractivity contribution in [3.05, 3.63) is 35.1 Å². The molecule has 0 saturated heterocycles. The second-order valence-corrected chi connectivity index (χ2v) is 4.17. The van der Waals surface area contributed by atoms with Gasteiger partial charge in [0, 0.05) is 13.1 Å². The van der Waals surface area contributed by atoms with Gasteiger partial charge >= 0.3 is 5.97 Å². The SMILES string of the molecule is CC(O)CN(C)Cc1ccc(C(=O)O)c(F)c1. The van der Waals surface area contributed by atoms with Crippen molar-refractivity contribution in [1.82, 2.24) is 4.90 Å². The number of halogens is 1. The molecule has 0 aliphatic rings. The Hall–Kier alpha value is -1.46.